The van der Waals surface area contributed by atoms with E-state index in [0.29, 0.717) is 0 Å². The van der Waals surface area contributed by atoms with Crippen LogP contribution in [0, 0.1) is 6.92 Å². The Bertz CT molecular complexity index is 728. The van der Waals surface area contributed by atoms with Gasteiger partial charge in [-0.15, -0.1) is 0 Å². The SMILES string of the molecule is Cc1c(Br)c(C(F)(F)F)nn1-c1ccc(Cl)c(C(=O)O)c1. The molecule has 1 aromatic carbocycles. The fourth-order valence-corrected chi connectivity index (χ4v) is 2.40. The smallest absolute Gasteiger partial charge is 0.436 e. The van der Waals surface area contributed by atoms with Crippen LogP contribution < -0.4 is 0 Å². The van der Waals surface area contributed by atoms with Gasteiger partial charge in [0.25, 0.3) is 0 Å². The van der Waals surface area contributed by atoms with E-state index in [4.69, 9.17) is 16.7 Å². The largest absolute Gasteiger partial charge is 0.478 e. The number of nitrogens with zero attached hydrogens (tertiary/aromatic N) is 2. The summed E-state index contributed by atoms with van der Waals surface area (Å²) in [4.78, 5) is 11.0. The minimum Gasteiger partial charge on any atom is -0.478 e. The van der Waals surface area contributed by atoms with Crippen molar-refractivity contribution in [2.75, 3.05) is 0 Å². The van der Waals surface area contributed by atoms with Crippen molar-refractivity contribution in [3.05, 3.63) is 44.6 Å². The highest BCUT2D eigenvalue weighted by Gasteiger charge is 2.38. The number of halogens is 5. The number of aromatic carboxylic acids is 1. The van der Waals surface area contributed by atoms with Crippen LogP contribution in [0.3, 0.4) is 0 Å². The van der Waals surface area contributed by atoms with Crippen LogP contribution in [0.15, 0.2) is 22.7 Å². The topological polar surface area (TPSA) is 55.1 Å². The van der Waals surface area contributed by atoms with Crippen LogP contribution in [-0.4, -0.2) is 20.9 Å². The van der Waals surface area contributed by atoms with Gasteiger partial charge in [0.2, 0.25) is 0 Å². The Labute approximate surface area is 130 Å². The van der Waals surface area contributed by atoms with Gasteiger partial charge in [-0.05, 0) is 41.1 Å². The van der Waals surface area contributed by atoms with E-state index in [2.05, 4.69) is 21.0 Å². The van der Waals surface area contributed by atoms with Gasteiger partial charge in [0.1, 0.15) is 0 Å². The van der Waals surface area contributed by atoms with Crippen LogP contribution in [-0.2, 0) is 6.18 Å². The number of hydrogen-bond acceptors (Lipinski definition) is 2. The maximum Gasteiger partial charge on any atom is 0.436 e. The van der Waals surface area contributed by atoms with E-state index in [1.165, 1.54) is 19.1 Å². The van der Waals surface area contributed by atoms with Gasteiger partial charge >= 0.3 is 12.1 Å². The van der Waals surface area contributed by atoms with Crippen molar-refractivity contribution >= 4 is 33.5 Å². The van der Waals surface area contributed by atoms with Gasteiger partial charge in [0.05, 0.1) is 26.4 Å². The standard InChI is InChI=1S/C12H7BrClF3N2O2/c1-5-9(13)10(12(15,16)17)18-19(5)6-2-3-8(14)7(4-6)11(20)21/h2-4H,1H3,(H,20,21). The summed E-state index contributed by atoms with van der Waals surface area (Å²) >= 11 is 8.58. The van der Waals surface area contributed by atoms with Crippen LogP contribution in [0.25, 0.3) is 5.69 Å². The second-order valence-electron chi connectivity index (χ2n) is 4.13. The Morgan fingerprint density at radius 3 is 2.52 bits per heavy atom. The van der Waals surface area contributed by atoms with Crippen molar-refractivity contribution < 1.29 is 23.1 Å². The monoisotopic (exact) mass is 382 g/mol. The van der Waals surface area contributed by atoms with E-state index in [1.807, 2.05) is 0 Å². The van der Waals surface area contributed by atoms with Gasteiger partial charge in [-0.3, -0.25) is 0 Å². The van der Waals surface area contributed by atoms with E-state index in [-0.39, 0.29) is 26.4 Å². The summed E-state index contributed by atoms with van der Waals surface area (Å²) in [7, 11) is 0. The molecule has 2 aromatic rings. The number of alkyl halides is 3. The Balaban J connectivity index is 2.63. The lowest BCUT2D eigenvalue weighted by Gasteiger charge is -2.07. The molecule has 0 bridgehead atoms. The van der Waals surface area contributed by atoms with Crippen LogP contribution in [0.5, 0.6) is 0 Å². The van der Waals surface area contributed by atoms with Crippen LogP contribution in [0.1, 0.15) is 21.7 Å². The molecular formula is C12H7BrClF3N2O2. The second-order valence-corrected chi connectivity index (χ2v) is 5.33. The van der Waals surface area contributed by atoms with Crippen LogP contribution in [0.2, 0.25) is 5.02 Å². The Kier molecular flexibility index (Phi) is 4.03. The first kappa shape index (κ1) is 15.8. The lowest BCUT2D eigenvalue weighted by molar-refractivity contribution is -0.141. The van der Waals surface area contributed by atoms with Crippen LogP contribution in [0.4, 0.5) is 13.2 Å². The summed E-state index contributed by atoms with van der Waals surface area (Å²) in [5, 5.41) is 12.5. The van der Waals surface area contributed by atoms with Gasteiger partial charge in [0.15, 0.2) is 5.69 Å². The lowest BCUT2D eigenvalue weighted by atomic mass is 10.2. The third-order valence-corrected chi connectivity index (χ3v) is 4.02. The molecule has 0 aliphatic carbocycles. The second kappa shape index (κ2) is 5.34. The molecule has 0 saturated carbocycles. The van der Waals surface area contributed by atoms with E-state index < -0.39 is 17.8 Å². The minimum atomic E-state index is -4.61. The number of carbonyl (C=O) groups is 1. The molecule has 0 radical (unpaired) electrons. The van der Waals surface area contributed by atoms with Crippen molar-refractivity contribution in [1.29, 1.82) is 0 Å². The van der Waals surface area contributed by atoms with Crippen molar-refractivity contribution in [1.82, 2.24) is 9.78 Å². The molecule has 21 heavy (non-hydrogen) atoms. The summed E-state index contributed by atoms with van der Waals surface area (Å²) < 4.78 is 39.2. The Morgan fingerprint density at radius 1 is 1.43 bits per heavy atom. The van der Waals surface area contributed by atoms with Crippen molar-refractivity contribution in [3.63, 3.8) is 0 Å². The molecule has 0 unspecified atom stereocenters. The minimum absolute atomic E-state index is 0.00818. The molecule has 2 rings (SSSR count). The predicted octanol–water partition coefficient (Wildman–Crippen LogP) is 4.31. The van der Waals surface area contributed by atoms with Crippen LogP contribution >= 0.6 is 27.5 Å². The number of hydrogen-bond donors (Lipinski definition) is 1. The zero-order valence-electron chi connectivity index (χ0n) is 10.4. The molecule has 4 nitrogen and oxygen atoms in total. The fourth-order valence-electron chi connectivity index (χ4n) is 1.72. The molecule has 1 heterocycles. The molecule has 9 heteroatoms. The van der Waals surface area contributed by atoms with E-state index in [0.717, 1.165) is 10.7 Å². The summed E-state index contributed by atoms with van der Waals surface area (Å²) in [5.41, 5.74) is -0.924. The van der Waals surface area contributed by atoms with E-state index in [9.17, 15) is 18.0 Å². The molecule has 1 N–H and O–H groups in total. The third kappa shape index (κ3) is 2.91. The quantitative estimate of drug-likeness (QED) is 0.840. The highest BCUT2D eigenvalue weighted by molar-refractivity contribution is 9.10. The van der Waals surface area contributed by atoms with E-state index >= 15 is 0 Å². The highest BCUT2D eigenvalue weighted by atomic mass is 79.9. The maximum atomic E-state index is 12.8. The normalized spacial score (nSPS) is 11.7. The maximum absolute atomic E-state index is 12.8. The molecule has 0 atom stereocenters. The summed E-state index contributed by atoms with van der Waals surface area (Å²) in [6.07, 6.45) is -4.61. The number of aromatic nitrogens is 2. The number of carboxylic acids is 1. The number of rotatable bonds is 2. The first-order valence-corrected chi connectivity index (χ1v) is 6.65. The van der Waals surface area contributed by atoms with Gasteiger partial charge in [-0.1, -0.05) is 11.6 Å². The van der Waals surface area contributed by atoms with Gasteiger partial charge in [-0.2, -0.15) is 18.3 Å². The molecule has 0 aliphatic rings. The Hall–Kier alpha value is -1.54. The lowest BCUT2D eigenvalue weighted by Crippen LogP contribution is -2.08. The summed E-state index contributed by atoms with van der Waals surface area (Å²) in [5.74, 6) is -1.28. The number of benzene rings is 1. The molecular weight excluding hydrogens is 376 g/mol. The van der Waals surface area contributed by atoms with Gasteiger partial charge in [-0.25, -0.2) is 9.48 Å². The highest BCUT2D eigenvalue weighted by Crippen LogP contribution is 2.36. The molecule has 0 saturated heterocycles. The first-order chi connectivity index (χ1) is 9.62. The van der Waals surface area contributed by atoms with E-state index in [1.54, 1.807) is 0 Å². The summed E-state index contributed by atoms with van der Waals surface area (Å²) in [6.45, 7) is 1.43. The fraction of sp³-hybridized carbons (Fsp3) is 0.167. The predicted molar refractivity (Wildman–Crippen MR) is 73.0 cm³/mol. The molecule has 0 aliphatic heterocycles. The molecule has 0 fully saturated rings. The average molecular weight is 384 g/mol. The van der Waals surface area contributed by atoms with Gasteiger partial charge in [0, 0.05) is 0 Å². The van der Waals surface area contributed by atoms with Gasteiger partial charge < -0.3 is 5.11 Å². The van der Waals surface area contributed by atoms with Crippen molar-refractivity contribution in [2.24, 2.45) is 0 Å². The van der Waals surface area contributed by atoms with Crippen molar-refractivity contribution in [2.45, 2.75) is 13.1 Å². The molecule has 1 aromatic heterocycles. The average Bonchev–Trinajstić information content (AvgIpc) is 2.66. The molecule has 0 spiro atoms. The zero-order valence-corrected chi connectivity index (χ0v) is 12.7. The first-order valence-electron chi connectivity index (χ1n) is 5.48. The zero-order chi connectivity index (χ0) is 15.9. The Morgan fingerprint density at radius 2 is 2.05 bits per heavy atom. The molecule has 0 amide bonds. The van der Waals surface area contributed by atoms with Crippen molar-refractivity contribution in [3.8, 4) is 5.69 Å². The third-order valence-electron chi connectivity index (χ3n) is 2.74. The molecule has 112 valence electrons. The number of carboxylic acid groups (broad SMARTS) is 1. The summed E-state index contributed by atoms with van der Waals surface area (Å²) in [6, 6.07) is 3.85.